The highest BCUT2D eigenvalue weighted by Gasteiger charge is 2.01. The molecule has 0 aromatic heterocycles. The SMILES string of the molecule is COc1ccccc1OCCNCc1ccccc1. The van der Waals surface area contributed by atoms with Crippen molar-refractivity contribution in [1.29, 1.82) is 0 Å². The molecule has 0 unspecified atom stereocenters. The van der Waals surface area contributed by atoms with E-state index in [4.69, 9.17) is 9.47 Å². The van der Waals surface area contributed by atoms with Gasteiger partial charge in [-0.05, 0) is 17.7 Å². The molecular formula is C16H19NO2. The van der Waals surface area contributed by atoms with Crippen molar-refractivity contribution in [3.63, 3.8) is 0 Å². The van der Waals surface area contributed by atoms with Crippen LogP contribution in [-0.4, -0.2) is 20.3 Å². The van der Waals surface area contributed by atoms with Gasteiger partial charge >= 0.3 is 0 Å². The maximum atomic E-state index is 5.68. The molecule has 0 atom stereocenters. The molecule has 0 aliphatic heterocycles. The Bertz CT molecular complexity index is 485. The standard InChI is InChI=1S/C16H19NO2/c1-18-15-9-5-6-10-16(15)19-12-11-17-13-14-7-3-2-4-8-14/h2-10,17H,11-13H2,1H3. The topological polar surface area (TPSA) is 30.5 Å². The lowest BCUT2D eigenvalue weighted by atomic mass is 10.2. The zero-order valence-electron chi connectivity index (χ0n) is 11.1. The van der Waals surface area contributed by atoms with Gasteiger partial charge in [0, 0.05) is 13.1 Å². The lowest BCUT2D eigenvalue weighted by Gasteiger charge is -2.10. The Hall–Kier alpha value is -2.00. The number of methoxy groups -OCH3 is 1. The fraction of sp³-hybridized carbons (Fsp3) is 0.250. The first-order valence-electron chi connectivity index (χ1n) is 6.40. The summed E-state index contributed by atoms with van der Waals surface area (Å²) in [5.41, 5.74) is 1.28. The lowest BCUT2D eigenvalue weighted by Crippen LogP contribution is -2.20. The largest absolute Gasteiger partial charge is 0.493 e. The van der Waals surface area contributed by atoms with Crippen LogP contribution in [-0.2, 0) is 6.54 Å². The molecule has 0 saturated carbocycles. The van der Waals surface area contributed by atoms with Crippen LogP contribution in [0.3, 0.4) is 0 Å². The Kier molecular flexibility index (Phi) is 5.26. The van der Waals surface area contributed by atoms with Gasteiger partial charge in [-0.2, -0.15) is 0 Å². The normalized spacial score (nSPS) is 10.2. The van der Waals surface area contributed by atoms with E-state index in [0.717, 1.165) is 24.6 Å². The van der Waals surface area contributed by atoms with Crippen LogP contribution in [0.15, 0.2) is 54.6 Å². The zero-order valence-corrected chi connectivity index (χ0v) is 11.1. The van der Waals surface area contributed by atoms with E-state index in [1.165, 1.54) is 5.56 Å². The van der Waals surface area contributed by atoms with Gasteiger partial charge in [-0.25, -0.2) is 0 Å². The van der Waals surface area contributed by atoms with Crippen LogP contribution in [0.5, 0.6) is 11.5 Å². The molecular weight excluding hydrogens is 238 g/mol. The summed E-state index contributed by atoms with van der Waals surface area (Å²) in [5, 5.41) is 3.34. The Morgan fingerprint density at radius 1 is 0.895 bits per heavy atom. The van der Waals surface area contributed by atoms with E-state index in [2.05, 4.69) is 17.4 Å². The predicted octanol–water partition coefficient (Wildman–Crippen LogP) is 2.86. The maximum absolute atomic E-state index is 5.68. The summed E-state index contributed by atoms with van der Waals surface area (Å²) in [4.78, 5) is 0. The molecule has 0 bridgehead atoms. The van der Waals surface area contributed by atoms with Crippen LogP contribution in [0.4, 0.5) is 0 Å². The van der Waals surface area contributed by atoms with Gasteiger partial charge in [0.2, 0.25) is 0 Å². The third kappa shape index (κ3) is 4.30. The number of hydrogen-bond acceptors (Lipinski definition) is 3. The first kappa shape index (κ1) is 13.4. The fourth-order valence-electron chi connectivity index (χ4n) is 1.80. The molecule has 19 heavy (non-hydrogen) atoms. The molecule has 2 aromatic carbocycles. The van der Waals surface area contributed by atoms with Gasteiger partial charge in [0.15, 0.2) is 11.5 Å². The van der Waals surface area contributed by atoms with Crippen molar-refractivity contribution < 1.29 is 9.47 Å². The predicted molar refractivity (Wildman–Crippen MR) is 76.6 cm³/mol. The molecule has 0 heterocycles. The van der Waals surface area contributed by atoms with E-state index in [-0.39, 0.29) is 0 Å². The molecule has 0 aliphatic carbocycles. The van der Waals surface area contributed by atoms with Crippen molar-refractivity contribution in [3.05, 3.63) is 60.2 Å². The molecule has 0 spiro atoms. The van der Waals surface area contributed by atoms with Crippen molar-refractivity contribution in [2.24, 2.45) is 0 Å². The summed E-state index contributed by atoms with van der Waals surface area (Å²) in [5.74, 6) is 1.55. The third-order valence-corrected chi connectivity index (χ3v) is 2.78. The van der Waals surface area contributed by atoms with E-state index in [9.17, 15) is 0 Å². The van der Waals surface area contributed by atoms with Crippen molar-refractivity contribution in [2.75, 3.05) is 20.3 Å². The quantitative estimate of drug-likeness (QED) is 0.774. The highest BCUT2D eigenvalue weighted by atomic mass is 16.5. The maximum Gasteiger partial charge on any atom is 0.161 e. The minimum Gasteiger partial charge on any atom is -0.493 e. The monoisotopic (exact) mass is 257 g/mol. The Morgan fingerprint density at radius 2 is 1.58 bits per heavy atom. The summed E-state index contributed by atoms with van der Waals surface area (Å²) < 4.78 is 10.9. The van der Waals surface area contributed by atoms with E-state index in [0.29, 0.717) is 6.61 Å². The van der Waals surface area contributed by atoms with Crippen molar-refractivity contribution in [2.45, 2.75) is 6.54 Å². The first-order valence-corrected chi connectivity index (χ1v) is 6.40. The molecule has 2 rings (SSSR count). The zero-order chi connectivity index (χ0) is 13.3. The van der Waals surface area contributed by atoms with Gasteiger partial charge in [-0.1, -0.05) is 42.5 Å². The number of ether oxygens (including phenoxy) is 2. The van der Waals surface area contributed by atoms with Crippen LogP contribution < -0.4 is 14.8 Å². The summed E-state index contributed by atoms with van der Waals surface area (Å²) >= 11 is 0. The number of para-hydroxylation sites is 2. The second-order valence-corrected chi connectivity index (χ2v) is 4.16. The van der Waals surface area contributed by atoms with Gasteiger partial charge in [0.05, 0.1) is 7.11 Å². The molecule has 0 aliphatic rings. The summed E-state index contributed by atoms with van der Waals surface area (Å²) in [7, 11) is 1.65. The molecule has 1 N–H and O–H groups in total. The van der Waals surface area contributed by atoms with Crippen LogP contribution in [0, 0.1) is 0 Å². The molecule has 0 radical (unpaired) electrons. The van der Waals surface area contributed by atoms with Gasteiger partial charge in [-0.15, -0.1) is 0 Å². The molecule has 0 amide bonds. The molecule has 0 fully saturated rings. The molecule has 3 nitrogen and oxygen atoms in total. The number of benzene rings is 2. The van der Waals surface area contributed by atoms with Crippen LogP contribution in [0.2, 0.25) is 0 Å². The van der Waals surface area contributed by atoms with Gasteiger partial charge in [0.25, 0.3) is 0 Å². The fourth-order valence-corrected chi connectivity index (χ4v) is 1.80. The van der Waals surface area contributed by atoms with Crippen molar-refractivity contribution in [1.82, 2.24) is 5.32 Å². The summed E-state index contributed by atoms with van der Waals surface area (Å²) in [6.45, 7) is 2.27. The Morgan fingerprint density at radius 3 is 2.32 bits per heavy atom. The highest BCUT2D eigenvalue weighted by molar-refractivity contribution is 5.39. The van der Waals surface area contributed by atoms with Gasteiger partial charge < -0.3 is 14.8 Å². The smallest absolute Gasteiger partial charge is 0.161 e. The average molecular weight is 257 g/mol. The van der Waals surface area contributed by atoms with Crippen LogP contribution in [0.1, 0.15) is 5.56 Å². The average Bonchev–Trinajstić information content (AvgIpc) is 2.48. The Labute approximate surface area is 114 Å². The number of rotatable bonds is 7. The molecule has 100 valence electrons. The summed E-state index contributed by atoms with van der Waals surface area (Å²) in [6, 6.07) is 18.0. The molecule has 2 aromatic rings. The summed E-state index contributed by atoms with van der Waals surface area (Å²) in [6.07, 6.45) is 0. The molecule has 0 saturated heterocycles. The number of hydrogen-bond donors (Lipinski definition) is 1. The number of nitrogens with one attached hydrogen (secondary N) is 1. The minimum atomic E-state index is 0.618. The van der Waals surface area contributed by atoms with E-state index in [1.54, 1.807) is 7.11 Å². The first-order chi connectivity index (χ1) is 9.40. The van der Waals surface area contributed by atoms with E-state index >= 15 is 0 Å². The second-order valence-electron chi connectivity index (χ2n) is 4.16. The lowest BCUT2D eigenvalue weighted by molar-refractivity contribution is 0.292. The Balaban J connectivity index is 1.69. The van der Waals surface area contributed by atoms with Gasteiger partial charge in [-0.3, -0.25) is 0 Å². The van der Waals surface area contributed by atoms with E-state index in [1.807, 2.05) is 42.5 Å². The van der Waals surface area contributed by atoms with Crippen LogP contribution >= 0.6 is 0 Å². The van der Waals surface area contributed by atoms with Crippen LogP contribution in [0.25, 0.3) is 0 Å². The van der Waals surface area contributed by atoms with Crippen molar-refractivity contribution in [3.8, 4) is 11.5 Å². The minimum absolute atomic E-state index is 0.618. The molecule has 3 heteroatoms. The third-order valence-electron chi connectivity index (χ3n) is 2.78. The second kappa shape index (κ2) is 7.44. The highest BCUT2D eigenvalue weighted by Crippen LogP contribution is 2.25. The van der Waals surface area contributed by atoms with Crippen molar-refractivity contribution >= 4 is 0 Å². The van der Waals surface area contributed by atoms with Gasteiger partial charge in [0.1, 0.15) is 6.61 Å². The van der Waals surface area contributed by atoms with E-state index < -0.39 is 0 Å².